The van der Waals surface area contributed by atoms with Gasteiger partial charge in [-0.3, -0.25) is 9.59 Å². The van der Waals surface area contributed by atoms with Crippen LogP contribution in [0.15, 0.2) is 24.3 Å². The highest BCUT2D eigenvalue weighted by Gasteiger charge is 2.56. The summed E-state index contributed by atoms with van der Waals surface area (Å²) < 4.78 is 46.5. The summed E-state index contributed by atoms with van der Waals surface area (Å²) in [7, 11) is 0. The van der Waals surface area contributed by atoms with E-state index in [1.807, 2.05) is 6.08 Å². The Hall–Kier alpha value is -2.42. The Bertz CT molecular complexity index is 1980. The van der Waals surface area contributed by atoms with Gasteiger partial charge in [-0.05, 0) is 44.9 Å². The van der Waals surface area contributed by atoms with E-state index in [0.29, 0.717) is 12.8 Å². The number of hydrogen-bond donors (Lipinski definition) is 15. The van der Waals surface area contributed by atoms with Crippen LogP contribution in [0.3, 0.4) is 0 Å². The number of aliphatic hydroxyl groups excluding tert-OH is 13. The van der Waals surface area contributed by atoms with Gasteiger partial charge in [-0.15, -0.1) is 0 Å². The van der Waals surface area contributed by atoms with Crippen molar-refractivity contribution >= 4 is 11.8 Å². The van der Waals surface area contributed by atoms with Crippen LogP contribution in [0.1, 0.15) is 226 Å². The normalized spacial score (nSPS) is 32.5. The first-order valence-corrected chi connectivity index (χ1v) is 35.6. The maximum absolute atomic E-state index is 13.4. The Labute approximate surface area is 552 Å². The summed E-state index contributed by atoms with van der Waals surface area (Å²) in [6.45, 7) is 1.62. The first-order chi connectivity index (χ1) is 45.0. The van der Waals surface area contributed by atoms with E-state index in [1.165, 1.54) is 141 Å². The number of unbranched alkanes of at least 4 members (excludes halogenated alkanes) is 28. The van der Waals surface area contributed by atoms with E-state index in [0.717, 1.165) is 51.9 Å². The standard InChI is InChI=1S/C68H124N2O23/c1-4-6-8-10-12-14-16-18-19-20-21-22-23-24-25-27-29-31-33-35-37-39-52(77)70-46(47(76)38-36-34-32-30-28-26-17-15-13-11-9-7-5-2)44-86-66-59(83)57(81)62(50(42-73)89-66)91-67-60(84)58(82)63(51(43-74)90-67)92-68-61(85)64(55(79)49(41-72)88-68)93-65-53(69-45(3)75)56(80)54(78)48(40-71)87-65/h18-19,36,38,46-51,53-68,71-74,76,78-85H,4-17,20-35,37,39-44H2,1-3H3,(H,69,75)(H,70,77)/b19-18-,38-36+/t46-,47+,48+,49+,50+,51+,53+,54-,55-,56+,57+,58+,59?,60+,61+,62+,63-,64-,65-,66+,67-,68+/m0/s1. The topological polar surface area (TPSA) is 395 Å². The van der Waals surface area contributed by atoms with Gasteiger partial charge in [0.05, 0.1) is 45.2 Å². The van der Waals surface area contributed by atoms with Crippen LogP contribution in [0.25, 0.3) is 0 Å². The second-order valence-corrected chi connectivity index (χ2v) is 26.1. The lowest BCUT2D eigenvalue weighted by Gasteiger charge is -2.49. The number of carbonyl (C=O) groups excluding carboxylic acids is 2. The van der Waals surface area contributed by atoms with Crippen LogP contribution in [0.5, 0.6) is 0 Å². The molecule has 4 heterocycles. The zero-order chi connectivity index (χ0) is 67.9. The van der Waals surface area contributed by atoms with Crippen molar-refractivity contribution in [2.24, 2.45) is 0 Å². The van der Waals surface area contributed by atoms with Gasteiger partial charge in [-0.25, -0.2) is 0 Å². The highest BCUT2D eigenvalue weighted by Crippen LogP contribution is 2.35. The summed E-state index contributed by atoms with van der Waals surface area (Å²) in [5.41, 5.74) is 0. The fourth-order valence-corrected chi connectivity index (χ4v) is 12.5. The van der Waals surface area contributed by atoms with Gasteiger partial charge < -0.3 is 115 Å². The predicted octanol–water partition coefficient (Wildman–Crippen LogP) is 3.90. The number of aliphatic hydroxyl groups is 13. The van der Waals surface area contributed by atoms with Crippen LogP contribution in [0.4, 0.5) is 0 Å². The van der Waals surface area contributed by atoms with Crippen LogP contribution >= 0.6 is 0 Å². The first-order valence-electron chi connectivity index (χ1n) is 35.6. The van der Waals surface area contributed by atoms with Gasteiger partial charge in [0.15, 0.2) is 25.2 Å². The van der Waals surface area contributed by atoms with Crippen LogP contribution in [-0.2, 0) is 47.5 Å². The van der Waals surface area contributed by atoms with Gasteiger partial charge in [-0.2, -0.15) is 0 Å². The third-order valence-corrected chi connectivity index (χ3v) is 18.3. The van der Waals surface area contributed by atoms with E-state index in [1.54, 1.807) is 6.08 Å². The molecule has 25 heteroatoms. The summed E-state index contributed by atoms with van der Waals surface area (Å²) in [5, 5.41) is 148. The summed E-state index contributed by atoms with van der Waals surface area (Å²) in [4.78, 5) is 25.5. The molecule has 15 N–H and O–H groups in total. The van der Waals surface area contributed by atoms with E-state index in [4.69, 9.17) is 37.9 Å². The highest BCUT2D eigenvalue weighted by molar-refractivity contribution is 5.76. The highest BCUT2D eigenvalue weighted by atomic mass is 16.8. The molecule has 25 nitrogen and oxygen atoms in total. The largest absolute Gasteiger partial charge is 0.394 e. The number of rotatable bonds is 50. The molecule has 1 unspecified atom stereocenters. The Morgan fingerprint density at radius 1 is 0.419 bits per heavy atom. The molecule has 22 atom stereocenters. The molecule has 0 saturated carbocycles. The van der Waals surface area contributed by atoms with Crippen molar-refractivity contribution in [3.05, 3.63) is 24.3 Å². The number of hydrogen-bond acceptors (Lipinski definition) is 23. The van der Waals surface area contributed by atoms with Crippen molar-refractivity contribution in [2.45, 2.75) is 361 Å². The summed E-state index contributed by atoms with van der Waals surface area (Å²) in [5.74, 6) is -1.00. The van der Waals surface area contributed by atoms with E-state index in [2.05, 4.69) is 36.6 Å². The fourth-order valence-electron chi connectivity index (χ4n) is 12.5. The van der Waals surface area contributed by atoms with E-state index < -0.39 is 174 Å². The molecular formula is C68H124N2O23. The van der Waals surface area contributed by atoms with Crippen molar-refractivity contribution in [3.8, 4) is 0 Å². The maximum Gasteiger partial charge on any atom is 0.220 e. The Morgan fingerprint density at radius 2 is 0.796 bits per heavy atom. The Kier molecular flexibility index (Phi) is 43.1. The molecule has 0 radical (unpaired) electrons. The third-order valence-electron chi connectivity index (χ3n) is 18.3. The summed E-state index contributed by atoms with van der Waals surface area (Å²) >= 11 is 0. The second-order valence-electron chi connectivity index (χ2n) is 26.1. The molecule has 0 aliphatic carbocycles. The summed E-state index contributed by atoms with van der Waals surface area (Å²) in [6, 6.07) is -2.53. The quantitative estimate of drug-likeness (QED) is 0.0303. The van der Waals surface area contributed by atoms with Gasteiger partial charge in [0.1, 0.15) is 97.6 Å². The fraction of sp³-hybridized carbons (Fsp3) is 0.912. The minimum absolute atomic E-state index is 0.214. The van der Waals surface area contributed by atoms with Gasteiger partial charge in [0, 0.05) is 13.3 Å². The maximum atomic E-state index is 13.4. The zero-order valence-electron chi connectivity index (χ0n) is 56.1. The Morgan fingerprint density at radius 3 is 1.26 bits per heavy atom. The molecule has 4 saturated heterocycles. The average molecular weight is 1340 g/mol. The minimum atomic E-state index is -2.10. The number of carbonyl (C=O) groups is 2. The van der Waals surface area contributed by atoms with Crippen molar-refractivity contribution < 1.29 is 114 Å². The van der Waals surface area contributed by atoms with E-state index in [-0.39, 0.29) is 12.3 Å². The van der Waals surface area contributed by atoms with E-state index in [9.17, 15) is 76.0 Å². The molecule has 4 fully saturated rings. The van der Waals surface area contributed by atoms with Crippen molar-refractivity contribution in [1.82, 2.24) is 10.6 Å². The van der Waals surface area contributed by atoms with Gasteiger partial charge in [0.2, 0.25) is 11.8 Å². The minimum Gasteiger partial charge on any atom is -0.394 e. The van der Waals surface area contributed by atoms with Gasteiger partial charge in [-0.1, -0.05) is 192 Å². The molecule has 4 aliphatic rings. The molecular weight excluding hydrogens is 1210 g/mol. The van der Waals surface area contributed by atoms with Gasteiger partial charge in [0.25, 0.3) is 0 Å². The number of nitrogens with one attached hydrogen (secondary N) is 2. The number of ether oxygens (including phenoxy) is 8. The molecule has 2 amide bonds. The smallest absolute Gasteiger partial charge is 0.220 e. The lowest BCUT2D eigenvalue weighted by molar-refractivity contribution is -0.386. The Balaban J connectivity index is 1.29. The van der Waals surface area contributed by atoms with E-state index >= 15 is 0 Å². The third kappa shape index (κ3) is 29.5. The lowest BCUT2D eigenvalue weighted by Crippen LogP contribution is -2.69. The SMILES string of the molecule is CCCCCCCC/C=C\CCCCCCCCCCCCCC(=O)N[C@@H](CO[C@@H]1O[C@H](CO)[C@@H](O[C@@H]2O[C@H](CO)[C@H](O[C@H]3O[C@H](CO)[C@H](O)[C@H](O[C@@H]4O[C@H](CO)[C@H](O)[C@H](O)[C@H]4NC(C)=O)[C@H]3O)[C@H](O)[C@H]2O)[C@H](O)C1O)[C@H](O)/C=C/CCCCCCCCCCCCC. The van der Waals surface area contributed by atoms with Crippen LogP contribution in [-0.4, -0.2) is 246 Å². The zero-order valence-corrected chi connectivity index (χ0v) is 56.1. The van der Waals surface area contributed by atoms with Crippen LogP contribution in [0.2, 0.25) is 0 Å². The van der Waals surface area contributed by atoms with Gasteiger partial charge >= 0.3 is 0 Å². The van der Waals surface area contributed by atoms with Crippen LogP contribution < -0.4 is 10.6 Å². The monoisotopic (exact) mass is 1340 g/mol. The predicted molar refractivity (Wildman–Crippen MR) is 345 cm³/mol. The molecule has 0 spiro atoms. The number of amides is 2. The first kappa shape index (κ1) is 83.0. The molecule has 4 aliphatic heterocycles. The molecule has 93 heavy (non-hydrogen) atoms. The molecule has 0 aromatic carbocycles. The molecule has 0 bridgehead atoms. The van der Waals surface area contributed by atoms with Crippen LogP contribution in [0, 0.1) is 0 Å². The lowest BCUT2D eigenvalue weighted by atomic mass is 9.95. The molecule has 4 rings (SSSR count). The van der Waals surface area contributed by atoms with Crippen molar-refractivity contribution in [3.63, 3.8) is 0 Å². The molecule has 0 aromatic heterocycles. The average Bonchev–Trinajstić information content (AvgIpc) is 0.786. The second kappa shape index (κ2) is 48.3. The van der Waals surface area contributed by atoms with Crippen molar-refractivity contribution in [2.75, 3.05) is 33.0 Å². The summed E-state index contributed by atoms with van der Waals surface area (Å²) in [6.07, 6.45) is 9.53. The number of allylic oxidation sites excluding steroid dienone is 3. The molecule has 544 valence electrons. The van der Waals surface area contributed by atoms with Crippen molar-refractivity contribution in [1.29, 1.82) is 0 Å². The molecule has 0 aromatic rings.